The number of H-pyrrole nitrogens is 1. The number of para-hydroxylation sites is 1. The number of sulfonamides is 1. The van der Waals surface area contributed by atoms with Crippen molar-refractivity contribution in [3.05, 3.63) is 47.5 Å². The van der Waals surface area contributed by atoms with Gasteiger partial charge in [-0.1, -0.05) is 6.07 Å². The van der Waals surface area contributed by atoms with Gasteiger partial charge in [-0.2, -0.15) is 0 Å². The van der Waals surface area contributed by atoms with Crippen molar-refractivity contribution in [2.45, 2.75) is 11.8 Å². The maximum absolute atomic E-state index is 12.6. The minimum absolute atomic E-state index is 0.00447. The number of aromatic nitrogens is 2. The summed E-state index contributed by atoms with van der Waals surface area (Å²) in [5, 5.41) is 0. The van der Waals surface area contributed by atoms with Gasteiger partial charge in [0.1, 0.15) is 11.3 Å². The van der Waals surface area contributed by atoms with Crippen molar-refractivity contribution >= 4 is 33.0 Å². The molecule has 2 aromatic carbocycles. The molecule has 0 aliphatic heterocycles. The van der Waals surface area contributed by atoms with Crippen molar-refractivity contribution in [3.8, 4) is 5.75 Å². The predicted octanol–water partition coefficient (Wildman–Crippen LogP) is 2.47. The molecular formula is C17H17N3O5S. The number of anilines is 1. The Morgan fingerprint density at radius 3 is 2.62 bits per heavy atom. The zero-order valence-corrected chi connectivity index (χ0v) is 15.2. The van der Waals surface area contributed by atoms with Gasteiger partial charge in [-0.3, -0.25) is 0 Å². The third kappa shape index (κ3) is 3.21. The molecule has 0 aliphatic rings. The molecule has 3 aromatic rings. The Kier molecular flexibility index (Phi) is 4.56. The van der Waals surface area contributed by atoms with E-state index >= 15 is 0 Å². The number of carbonyl (C=O) groups is 1. The molecule has 0 saturated heterocycles. The minimum Gasteiger partial charge on any atom is -0.496 e. The molecule has 1 aromatic heterocycles. The first-order valence-electron chi connectivity index (χ1n) is 7.60. The average Bonchev–Trinajstić information content (AvgIpc) is 3.02. The van der Waals surface area contributed by atoms with Crippen molar-refractivity contribution in [2.75, 3.05) is 18.9 Å². The van der Waals surface area contributed by atoms with Crippen LogP contribution in [0, 0.1) is 6.92 Å². The lowest BCUT2D eigenvalue weighted by Crippen LogP contribution is -2.14. The fourth-order valence-corrected chi connectivity index (χ4v) is 3.61. The van der Waals surface area contributed by atoms with Crippen molar-refractivity contribution < 1.29 is 22.7 Å². The summed E-state index contributed by atoms with van der Waals surface area (Å²) in [6.45, 7) is 1.75. The zero-order valence-electron chi connectivity index (χ0n) is 14.4. The second-order valence-electron chi connectivity index (χ2n) is 5.52. The quantitative estimate of drug-likeness (QED) is 0.663. The van der Waals surface area contributed by atoms with Crippen LogP contribution < -0.4 is 9.46 Å². The van der Waals surface area contributed by atoms with Crippen LogP contribution in [0.5, 0.6) is 5.75 Å². The number of nitrogens with one attached hydrogen (secondary N) is 2. The van der Waals surface area contributed by atoms with E-state index in [2.05, 4.69) is 14.7 Å². The maximum atomic E-state index is 12.6. The molecule has 1 heterocycles. The van der Waals surface area contributed by atoms with E-state index in [1.807, 2.05) is 0 Å². The lowest BCUT2D eigenvalue weighted by atomic mass is 10.2. The van der Waals surface area contributed by atoms with Crippen LogP contribution in [-0.4, -0.2) is 38.6 Å². The summed E-state index contributed by atoms with van der Waals surface area (Å²) < 4.78 is 37.4. The first kappa shape index (κ1) is 17.7. The van der Waals surface area contributed by atoms with Gasteiger partial charge in [0.2, 0.25) is 5.95 Å². The third-order valence-corrected chi connectivity index (χ3v) is 5.16. The lowest BCUT2D eigenvalue weighted by molar-refractivity contribution is 0.0603. The molecular weight excluding hydrogens is 358 g/mol. The number of nitrogens with zero attached hydrogens (tertiary/aromatic N) is 1. The van der Waals surface area contributed by atoms with Gasteiger partial charge in [-0.15, -0.1) is 0 Å². The number of carbonyl (C=O) groups excluding carboxylic acids is 1. The summed E-state index contributed by atoms with van der Waals surface area (Å²) in [5.41, 5.74) is 1.76. The van der Waals surface area contributed by atoms with Gasteiger partial charge in [0.05, 0.1) is 30.2 Å². The van der Waals surface area contributed by atoms with E-state index in [0.717, 1.165) is 0 Å². The highest BCUT2D eigenvalue weighted by Gasteiger charge is 2.19. The van der Waals surface area contributed by atoms with Crippen molar-refractivity contribution in [1.29, 1.82) is 0 Å². The van der Waals surface area contributed by atoms with E-state index in [9.17, 15) is 13.2 Å². The maximum Gasteiger partial charge on any atom is 0.340 e. The number of fused-ring (bicyclic) bond motifs is 1. The molecule has 26 heavy (non-hydrogen) atoms. The van der Waals surface area contributed by atoms with Gasteiger partial charge in [0.15, 0.2) is 0 Å². The molecule has 8 nitrogen and oxygen atoms in total. The highest BCUT2D eigenvalue weighted by atomic mass is 32.2. The minimum atomic E-state index is -3.86. The van der Waals surface area contributed by atoms with Crippen LogP contribution in [0.4, 0.5) is 5.95 Å². The molecule has 0 aliphatic carbocycles. The summed E-state index contributed by atoms with van der Waals surface area (Å²) in [7, 11) is -1.08. The van der Waals surface area contributed by atoms with E-state index < -0.39 is 16.0 Å². The summed E-state index contributed by atoms with van der Waals surface area (Å²) in [6, 6.07) is 9.42. The van der Waals surface area contributed by atoms with E-state index in [1.54, 1.807) is 31.2 Å². The predicted molar refractivity (Wildman–Crippen MR) is 96.0 cm³/mol. The van der Waals surface area contributed by atoms with E-state index in [0.29, 0.717) is 22.3 Å². The highest BCUT2D eigenvalue weighted by Crippen LogP contribution is 2.24. The number of esters is 1. The fraction of sp³-hybridized carbons (Fsp3) is 0.176. The number of benzene rings is 2. The molecule has 0 radical (unpaired) electrons. The molecule has 0 bridgehead atoms. The number of rotatable bonds is 5. The van der Waals surface area contributed by atoms with Crippen LogP contribution in [0.1, 0.15) is 15.9 Å². The van der Waals surface area contributed by atoms with Crippen LogP contribution in [-0.2, 0) is 14.8 Å². The fourth-order valence-electron chi connectivity index (χ4n) is 2.56. The van der Waals surface area contributed by atoms with Crippen LogP contribution in [0.15, 0.2) is 41.3 Å². The Bertz CT molecular complexity index is 1090. The van der Waals surface area contributed by atoms with Gasteiger partial charge in [-0.05, 0) is 42.8 Å². The topological polar surface area (TPSA) is 110 Å². The van der Waals surface area contributed by atoms with Gasteiger partial charge >= 0.3 is 5.97 Å². The molecule has 0 amide bonds. The van der Waals surface area contributed by atoms with Gasteiger partial charge in [-0.25, -0.2) is 22.9 Å². The third-order valence-electron chi connectivity index (χ3n) is 3.83. The smallest absolute Gasteiger partial charge is 0.340 e. The number of aromatic amines is 1. The second-order valence-corrected chi connectivity index (χ2v) is 7.20. The van der Waals surface area contributed by atoms with Crippen molar-refractivity contribution in [1.82, 2.24) is 9.97 Å². The number of hydrogen-bond acceptors (Lipinski definition) is 6. The molecule has 0 unspecified atom stereocenters. The van der Waals surface area contributed by atoms with Gasteiger partial charge in [0.25, 0.3) is 10.0 Å². The lowest BCUT2D eigenvalue weighted by Gasteiger charge is -2.08. The Hall–Kier alpha value is -3.07. The number of aryl methyl sites for hydroxylation is 1. The largest absolute Gasteiger partial charge is 0.496 e. The van der Waals surface area contributed by atoms with Crippen molar-refractivity contribution in [3.63, 3.8) is 0 Å². The average molecular weight is 375 g/mol. The number of ether oxygens (including phenoxy) is 2. The number of hydrogen-bond donors (Lipinski definition) is 2. The Morgan fingerprint density at radius 2 is 1.96 bits per heavy atom. The Balaban J connectivity index is 1.97. The summed E-state index contributed by atoms with van der Waals surface area (Å²) >= 11 is 0. The highest BCUT2D eigenvalue weighted by molar-refractivity contribution is 7.92. The standard InChI is InChI=1S/C17H17N3O5S/c1-10-9-11(7-8-14(10)24-2)26(22,23)20-17-18-13-6-4-5-12(15(13)19-17)16(21)25-3/h4-9H,1-3H3,(H2,18,19,20). The molecule has 0 saturated carbocycles. The van der Waals surface area contributed by atoms with Gasteiger partial charge < -0.3 is 14.5 Å². The zero-order chi connectivity index (χ0) is 18.9. The first-order valence-corrected chi connectivity index (χ1v) is 9.08. The molecule has 9 heteroatoms. The Labute approximate surface area is 150 Å². The van der Waals surface area contributed by atoms with Crippen LogP contribution >= 0.6 is 0 Å². The van der Waals surface area contributed by atoms with E-state index in [1.165, 1.54) is 26.4 Å². The molecule has 0 spiro atoms. The summed E-state index contributed by atoms with van der Waals surface area (Å²) in [5.74, 6) is 0.0440. The molecule has 0 atom stereocenters. The molecule has 2 N–H and O–H groups in total. The molecule has 136 valence electrons. The Morgan fingerprint density at radius 1 is 1.19 bits per heavy atom. The van der Waals surface area contributed by atoms with Crippen LogP contribution in [0.25, 0.3) is 11.0 Å². The normalized spacial score (nSPS) is 11.3. The SMILES string of the molecule is COC(=O)c1cccc2[nH]c(NS(=O)(=O)c3ccc(OC)c(C)c3)nc12. The van der Waals surface area contributed by atoms with E-state index in [-0.39, 0.29) is 16.4 Å². The van der Waals surface area contributed by atoms with Crippen molar-refractivity contribution in [2.24, 2.45) is 0 Å². The summed E-state index contributed by atoms with van der Waals surface area (Å²) in [4.78, 5) is 18.9. The number of methoxy groups -OCH3 is 2. The van der Waals surface area contributed by atoms with Gasteiger partial charge in [0, 0.05) is 0 Å². The second kappa shape index (κ2) is 6.68. The monoisotopic (exact) mass is 375 g/mol. The van der Waals surface area contributed by atoms with Crippen LogP contribution in [0.2, 0.25) is 0 Å². The van der Waals surface area contributed by atoms with Crippen LogP contribution in [0.3, 0.4) is 0 Å². The molecule has 0 fully saturated rings. The first-order chi connectivity index (χ1) is 12.4. The molecule has 3 rings (SSSR count). The number of imidazole rings is 1. The summed E-state index contributed by atoms with van der Waals surface area (Å²) in [6.07, 6.45) is 0. The van der Waals surface area contributed by atoms with E-state index in [4.69, 9.17) is 9.47 Å².